The molecule has 0 amide bonds. The Morgan fingerprint density at radius 2 is 0.600 bits per heavy atom. The third kappa shape index (κ3) is 140. The summed E-state index contributed by atoms with van der Waals surface area (Å²) >= 11 is 0. The average Bonchev–Trinajstić information content (AvgIpc) is 0. The van der Waals surface area contributed by atoms with Crippen LogP contribution in [0.2, 0.25) is 0 Å². The lowest BCUT2D eigenvalue weighted by Crippen LogP contribution is 0.0813. The van der Waals surface area contributed by atoms with Crippen LogP contribution in [0.15, 0.2) is 0 Å². The summed E-state index contributed by atoms with van der Waals surface area (Å²) in [6.45, 7) is 0. The summed E-state index contributed by atoms with van der Waals surface area (Å²) in [7, 11) is 0. The monoisotopic (exact) mass is 93.0 g/mol. The summed E-state index contributed by atoms with van der Waals surface area (Å²) in [5, 5.41) is 0. The van der Waals surface area contributed by atoms with Crippen molar-refractivity contribution < 1.29 is 20.2 Å². The fourth-order valence-electron chi connectivity index (χ4n) is 0. The fourth-order valence-corrected chi connectivity index (χ4v) is 0. The molecule has 0 atom stereocenters. The van der Waals surface area contributed by atoms with Gasteiger partial charge in [0.1, 0.15) is 0 Å². The van der Waals surface area contributed by atoms with Crippen LogP contribution in [0.1, 0.15) is 1.43 Å². The van der Waals surface area contributed by atoms with E-state index in [2.05, 4.69) is 0 Å². The van der Waals surface area contributed by atoms with Crippen molar-refractivity contribution >= 4 is 0 Å². The molecular formula is CH5F4. The molecular weight excluding hydrogens is 88.0 g/mol. The molecule has 0 heterocycles. The molecule has 0 nitrogen and oxygen atoms in total. The van der Waals surface area contributed by atoms with Crippen LogP contribution < -0.4 is 0 Å². The Kier molecular flexibility index (Phi) is 58500. The minimum absolute atomic E-state index is 0. The summed E-state index contributed by atoms with van der Waals surface area (Å²) in [5.41, 5.74) is 0. The van der Waals surface area contributed by atoms with Crippen LogP contribution in [0, 0.1) is 7.43 Å². The summed E-state index contributed by atoms with van der Waals surface area (Å²) in [6, 6.07) is 0. The first-order valence-corrected chi connectivity index (χ1v) is 0. The molecule has 0 aliphatic rings. The Hall–Kier alpha value is -0.280. The molecule has 0 bridgehead atoms. The average molecular weight is 93.0 g/mol. The highest BCUT2D eigenvalue weighted by Crippen LogP contribution is 0.423. The van der Waals surface area contributed by atoms with Crippen molar-refractivity contribution in [1.82, 2.24) is 0 Å². The largest absolute Gasteiger partial charge is 0.269 e. The molecule has 0 N–H and O–H groups in total. The van der Waals surface area contributed by atoms with E-state index < -0.39 is 0 Å². The van der Waals surface area contributed by atoms with Crippen molar-refractivity contribution in [3.05, 3.63) is 7.43 Å². The first kappa shape index (κ1) is 833. The van der Waals surface area contributed by atoms with Crippen molar-refractivity contribution in [3.63, 3.8) is 0 Å². The van der Waals surface area contributed by atoms with Gasteiger partial charge in [0.25, 0.3) is 0 Å². The fraction of sp³-hybridized carbons (Fsp3) is 0. The van der Waals surface area contributed by atoms with Gasteiger partial charge in [-0.05, 0) is 0 Å². The lowest BCUT2D eigenvalue weighted by atomic mass is 12.0. The molecule has 0 spiro atoms. The molecule has 0 aromatic carbocycles. The smallest absolute Gasteiger partial charge is 0 e. The molecule has 0 aromatic heterocycles. The quantitative estimate of drug-likeness (QED) is 0.388. The topological polar surface area (TPSA) is 0 Å². The van der Waals surface area contributed by atoms with Crippen molar-refractivity contribution in [2.75, 3.05) is 0 Å². The Labute approximate surface area is 29.1 Å². The van der Waals surface area contributed by atoms with Gasteiger partial charge in [0.2, 0.25) is 0 Å². The van der Waals surface area contributed by atoms with Gasteiger partial charge in [0, 0.05) is 8.85 Å². The lowest BCUT2D eigenvalue weighted by molar-refractivity contribution is 1.11. The third-order valence-corrected chi connectivity index (χ3v) is 0. The maximum absolute atomic E-state index is 0. The lowest BCUT2D eigenvalue weighted by Gasteiger charge is -0.270. The van der Waals surface area contributed by atoms with Gasteiger partial charge in [-0.2, -0.15) is 0 Å². The minimum atomic E-state index is 0. The first-order chi connectivity index (χ1) is 0. The predicted molar refractivity (Wildman–Crippen MR) is 14.4 cm³/mol. The molecule has 0 saturated heterocycles. The second kappa shape index (κ2) is 351. The molecule has 0 rings (SSSR count). The number of halogens is 4. The SMILES string of the molecule is F.F.F.F.[C].[H]. The van der Waals surface area contributed by atoms with Gasteiger partial charge in [-0.15, -0.1) is 0 Å². The summed E-state index contributed by atoms with van der Waals surface area (Å²) < 4.78 is 0. The zero-order valence-corrected chi connectivity index (χ0v) is 2.13. The van der Waals surface area contributed by atoms with Crippen LogP contribution in [0.25, 0.3) is 0 Å². The highest BCUT2D eigenvalue weighted by Gasteiger charge is 0.0000151. The van der Waals surface area contributed by atoms with Gasteiger partial charge in [-0.3, -0.25) is 18.8 Å². The molecule has 37 valence electrons. The van der Waals surface area contributed by atoms with Crippen LogP contribution in [-0.2, 0) is 0 Å². The molecule has 4 heteroatoms. The first-order valence-electron chi connectivity index (χ1n) is 0. The number of rotatable bonds is 0. The van der Waals surface area contributed by atoms with E-state index in [0.29, 0.717) is 0 Å². The second-order valence-corrected chi connectivity index (χ2v) is 0. The Morgan fingerprint density at radius 1 is 0.600 bits per heavy atom. The molecule has 0 fully saturated rings. The third-order valence-electron chi connectivity index (χ3n) is 0. The highest BCUT2D eigenvalue weighted by atomic mass is 19.0. The summed E-state index contributed by atoms with van der Waals surface area (Å²) in [5.74, 6) is 0. The van der Waals surface area contributed by atoms with Crippen molar-refractivity contribution in [2.24, 2.45) is 0 Å². The van der Waals surface area contributed by atoms with Crippen LogP contribution >= 0.6 is 0 Å². The molecule has 0 aliphatic heterocycles. The van der Waals surface area contributed by atoms with Crippen LogP contribution in [0.5, 0.6) is 0 Å². The van der Waals surface area contributed by atoms with Gasteiger partial charge in [0.05, 0.1) is 0 Å². The van der Waals surface area contributed by atoms with Crippen molar-refractivity contribution in [1.29, 1.82) is 0 Å². The van der Waals surface area contributed by atoms with Gasteiger partial charge in [-0.1, -0.05) is 0 Å². The zero-order valence-electron chi connectivity index (χ0n) is 3.13. The standard InChI is InChI=1S/C.4FH.H/h;4*1H;. The van der Waals surface area contributed by atoms with E-state index in [9.17, 15) is 0 Å². The van der Waals surface area contributed by atoms with E-state index in [4.69, 9.17) is 0 Å². The molecule has 5 radical (unpaired) electrons. The van der Waals surface area contributed by atoms with Crippen LogP contribution in [0.3, 0.4) is 0 Å². The van der Waals surface area contributed by atoms with E-state index >= 15 is 0 Å². The van der Waals surface area contributed by atoms with E-state index in [-0.39, 0.29) is 27.7 Å². The van der Waals surface area contributed by atoms with E-state index in [1.807, 2.05) is 0 Å². The molecule has 0 unspecified atom stereocenters. The van der Waals surface area contributed by atoms with Gasteiger partial charge < -0.3 is 0 Å². The summed E-state index contributed by atoms with van der Waals surface area (Å²) in [4.78, 5) is 0. The van der Waals surface area contributed by atoms with Crippen molar-refractivity contribution in [2.45, 2.75) is 0 Å². The zero-order chi connectivity index (χ0) is 0. The maximum Gasteiger partial charge on any atom is 0 e. The van der Waals surface area contributed by atoms with E-state index in [0.717, 1.165) is 0 Å². The molecule has 0 aliphatic carbocycles. The maximum atomic E-state index is 0. The predicted octanol–water partition coefficient (Wildman–Crippen LogP) is 0.804. The second-order valence-electron chi connectivity index (χ2n) is 0. The van der Waals surface area contributed by atoms with E-state index in [1.54, 1.807) is 0 Å². The van der Waals surface area contributed by atoms with Crippen molar-refractivity contribution in [3.8, 4) is 0 Å². The normalized spacial score (nSPS) is 0. The molecule has 0 aromatic rings. The van der Waals surface area contributed by atoms with E-state index in [1.165, 1.54) is 0 Å². The Balaban J connectivity index is 0. The van der Waals surface area contributed by atoms with Gasteiger partial charge in [-0.25, -0.2) is 0 Å². The minimum Gasteiger partial charge on any atom is -0.269 e. The Bertz CT molecular complexity index is 7.51. The molecule has 5 heavy (non-hydrogen) atoms. The van der Waals surface area contributed by atoms with Gasteiger partial charge in [0.15, 0.2) is 0 Å². The molecule has 0 saturated carbocycles. The number of hydrogen-bond acceptors (Lipinski definition) is 0. The Morgan fingerprint density at radius 3 is 0.600 bits per heavy atom. The number of hydrogen-bond donors (Lipinski definition) is 0. The van der Waals surface area contributed by atoms with Crippen LogP contribution in [-0.4, -0.2) is 0 Å². The van der Waals surface area contributed by atoms with Crippen LogP contribution in [0.4, 0.5) is 18.8 Å². The summed E-state index contributed by atoms with van der Waals surface area (Å²) in [6.07, 6.45) is 0. The van der Waals surface area contributed by atoms with Gasteiger partial charge >= 0.3 is 0 Å². The highest BCUT2D eigenvalue weighted by molar-refractivity contribution is 3.24.